The smallest absolute Gasteiger partial charge is 0.447 e. The second-order valence-corrected chi connectivity index (χ2v) is 8.58. The quantitative estimate of drug-likeness (QED) is 0.0353. The summed E-state index contributed by atoms with van der Waals surface area (Å²) in [6.07, 6.45) is -3.03. The van der Waals surface area contributed by atoms with Crippen molar-refractivity contribution in [3.8, 4) is 11.5 Å². The molecule has 48 heavy (non-hydrogen) atoms. The lowest BCUT2D eigenvalue weighted by Crippen LogP contribution is -2.35. The minimum atomic E-state index is -1.22. The molecular weight excluding hydrogens is 664 g/mol. The Balaban J connectivity index is 2.67. The van der Waals surface area contributed by atoms with Gasteiger partial charge in [0.05, 0.1) is 39.6 Å². The summed E-state index contributed by atoms with van der Waals surface area (Å²) < 4.78 is 40.1. The fourth-order valence-electron chi connectivity index (χ4n) is 3.11. The van der Waals surface area contributed by atoms with E-state index in [1.807, 2.05) is 0 Å². The summed E-state index contributed by atoms with van der Waals surface area (Å²) in [6.45, 7) is -0.681. The number of carbonyl (C=O) groups is 3. The van der Waals surface area contributed by atoms with Gasteiger partial charge in [-0.2, -0.15) is 0 Å². The minimum absolute atomic E-state index is 0.0301. The first-order valence-electron chi connectivity index (χ1n) is 13.8. The van der Waals surface area contributed by atoms with E-state index in [1.54, 1.807) is 6.92 Å². The van der Waals surface area contributed by atoms with E-state index < -0.39 is 39.7 Å². The van der Waals surface area contributed by atoms with Crippen LogP contribution in [-0.4, -0.2) is 119 Å². The van der Waals surface area contributed by atoms with Gasteiger partial charge in [-0.25, -0.2) is 14.4 Å². The van der Waals surface area contributed by atoms with Crippen LogP contribution in [0.25, 0.3) is 0 Å². The summed E-state index contributed by atoms with van der Waals surface area (Å²) in [5, 5.41) is 29.9. The largest absolute Gasteiger partial charge is 0.514 e. The van der Waals surface area contributed by atoms with E-state index in [4.69, 9.17) is 37.9 Å². The second kappa shape index (κ2) is 24.7. The molecule has 0 aliphatic carbocycles. The zero-order chi connectivity index (χ0) is 35.6. The van der Waals surface area contributed by atoms with Crippen LogP contribution in [0.3, 0.4) is 0 Å². The molecule has 1 unspecified atom stereocenters. The van der Waals surface area contributed by atoms with E-state index in [1.165, 1.54) is 18.2 Å². The summed E-state index contributed by atoms with van der Waals surface area (Å²) in [5.41, 5.74) is 0.500. The maximum absolute atomic E-state index is 12.3. The number of hydrogen-bond acceptors (Lipinski definition) is 20. The lowest BCUT2D eigenvalue weighted by atomic mass is 10.1. The van der Waals surface area contributed by atoms with Crippen LogP contribution in [0.2, 0.25) is 0 Å². The first-order chi connectivity index (χ1) is 23.0. The minimum Gasteiger partial charge on any atom is -0.447 e. The van der Waals surface area contributed by atoms with E-state index in [2.05, 4.69) is 19.8 Å². The van der Waals surface area contributed by atoms with E-state index in [9.17, 15) is 44.7 Å². The Labute approximate surface area is 270 Å². The van der Waals surface area contributed by atoms with Crippen LogP contribution in [0.15, 0.2) is 18.2 Å². The molecule has 270 valence electrons. The molecule has 24 nitrogen and oxygen atoms in total. The average Bonchev–Trinajstić information content (AvgIpc) is 3.00. The van der Waals surface area contributed by atoms with E-state index in [0.717, 1.165) is 0 Å². The van der Waals surface area contributed by atoms with Crippen molar-refractivity contribution in [1.82, 2.24) is 5.32 Å². The first kappa shape index (κ1) is 40.5. The van der Waals surface area contributed by atoms with Crippen molar-refractivity contribution in [3.63, 3.8) is 0 Å². The van der Waals surface area contributed by atoms with Crippen molar-refractivity contribution in [3.05, 3.63) is 54.1 Å². The summed E-state index contributed by atoms with van der Waals surface area (Å²) in [6, 6.07) is 3.60. The van der Waals surface area contributed by atoms with Crippen molar-refractivity contribution in [2.75, 3.05) is 79.3 Å². The van der Waals surface area contributed by atoms with Crippen molar-refractivity contribution < 1.29 is 82.1 Å². The maximum Gasteiger partial charge on any atom is 0.514 e. The van der Waals surface area contributed by atoms with Crippen LogP contribution < -0.4 is 14.8 Å². The van der Waals surface area contributed by atoms with Crippen molar-refractivity contribution in [2.24, 2.45) is 0 Å². The van der Waals surface area contributed by atoms with Crippen molar-refractivity contribution in [1.29, 1.82) is 0 Å². The van der Waals surface area contributed by atoms with Gasteiger partial charge in [-0.15, -0.1) is 30.3 Å². The molecule has 24 heteroatoms. The highest BCUT2D eigenvalue weighted by Gasteiger charge is 2.18. The SMILES string of the molecule is CC(Cc1ccc(OC(=O)OCCOCCO[N+](=O)[O-])c(OC(=O)OCCOCCO[N+](=O)[O-])c1)NC(=O)OCCOCCO[N+](=O)[O-]. The molecule has 0 radical (unpaired) electrons. The third-order valence-corrected chi connectivity index (χ3v) is 4.93. The van der Waals surface area contributed by atoms with Crippen molar-refractivity contribution >= 4 is 18.4 Å². The summed E-state index contributed by atoms with van der Waals surface area (Å²) in [4.78, 5) is 79.0. The highest BCUT2D eigenvalue weighted by molar-refractivity contribution is 5.69. The van der Waals surface area contributed by atoms with Gasteiger partial charge in [-0.05, 0) is 31.0 Å². The summed E-state index contributed by atoms with van der Waals surface area (Å²) in [5.74, 6) is -0.520. The molecule has 0 saturated carbocycles. The molecule has 0 heterocycles. The van der Waals surface area contributed by atoms with Gasteiger partial charge in [-0.3, -0.25) is 0 Å². The van der Waals surface area contributed by atoms with Crippen LogP contribution >= 0.6 is 0 Å². The highest BCUT2D eigenvalue weighted by Crippen LogP contribution is 2.30. The number of nitrogens with zero attached hydrogens (tertiary/aromatic N) is 3. The molecule has 0 saturated heterocycles. The zero-order valence-electron chi connectivity index (χ0n) is 25.5. The van der Waals surface area contributed by atoms with Gasteiger partial charge >= 0.3 is 18.4 Å². The van der Waals surface area contributed by atoms with Crippen LogP contribution in [0, 0.1) is 30.3 Å². The molecule has 1 aromatic rings. The molecule has 0 fully saturated rings. The normalized spacial score (nSPS) is 10.9. The molecule has 0 spiro atoms. The Hall–Kier alpha value is -5.49. The lowest BCUT2D eigenvalue weighted by Gasteiger charge is -2.16. The predicted molar refractivity (Wildman–Crippen MR) is 149 cm³/mol. The van der Waals surface area contributed by atoms with Gasteiger partial charge in [0.15, 0.2) is 11.5 Å². The van der Waals surface area contributed by atoms with Gasteiger partial charge in [0.1, 0.15) is 39.6 Å². The van der Waals surface area contributed by atoms with Gasteiger partial charge in [-0.1, -0.05) is 6.07 Å². The standard InChI is InChI=1S/C24H34N4O20/c1-18(25-22(29)41-10-4-38-7-13-44-26(32)33)16-19-2-3-20(47-23(30)42-11-5-39-8-14-45-27(34)35)21(17-19)48-24(31)43-12-6-40-9-15-46-28(36)37/h2-3,17-18H,4-16H2,1H3,(H,25,29). The molecular formula is C24H34N4O20. The Kier molecular flexibility index (Phi) is 20.9. The zero-order valence-corrected chi connectivity index (χ0v) is 25.5. The van der Waals surface area contributed by atoms with Crippen LogP contribution in [0.4, 0.5) is 14.4 Å². The molecule has 0 aliphatic rings. The topological polar surface area (TPSA) is 294 Å². The lowest BCUT2D eigenvalue weighted by molar-refractivity contribution is -0.758. The molecule has 1 rings (SSSR count). The number of carbonyl (C=O) groups excluding carboxylic acids is 3. The van der Waals surface area contributed by atoms with E-state index in [0.29, 0.717) is 5.56 Å². The number of hydrogen-bond donors (Lipinski definition) is 1. The van der Waals surface area contributed by atoms with Crippen LogP contribution in [0.5, 0.6) is 11.5 Å². The molecule has 0 aromatic heterocycles. The first-order valence-corrected chi connectivity index (χ1v) is 13.8. The number of rotatable bonds is 26. The van der Waals surface area contributed by atoms with E-state index in [-0.39, 0.29) is 97.2 Å². The molecule has 1 N–H and O–H groups in total. The summed E-state index contributed by atoms with van der Waals surface area (Å²) >= 11 is 0. The Morgan fingerprint density at radius 2 is 1.04 bits per heavy atom. The molecule has 1 amide bonds. The number of benzene rings is 1. The number of ether oxygens (including phenoxy) is 8. The fraction of sp³-hybridized carbons (Fsp3) is 0.625. The van der Waals surface area contributed by atoms with Crippen LogP contribution in [0.1, 0.15) is 12.5 Å². The number of alkyl carbamates (subject to hydrolysis) is 1. The third kappa shape index (κ3) is 22.1. The van der Waals surface area contributed by atoms with Gasteiger partial charge in [0.2, 0.25) is 0 Å². The van der Waals surface area contributed by atoms with Gasteiger partial charge < -0.3 is 57.7 Å². The Morgan fingerprint density at radius 3 is 1.50 bits per heavy atom. The Morgan fingerprint density at radius 1 is 0.625 bits per heavy atom. The fourth-order valence-corrected chi connectivity index (χ4v) is 3.11. The van der Waals surface area contributed by atoms with Crippen LogP contribution in [-0.2, 0) is 49.4 Å². The van der Waals surface area contributed by atoms with Gasteiger partial charge in [0.25, 0.3) is 15.3 Å². The second-order valence-electron chi connectivity index (χ2n) is 8.58. The molecule has 1 aromatic carbocycles. The monoisotopic (exact) mass is 698 g/mol. The molecule has 1 atom stereocenters. The third-order valence-electron chi connectivity index (χ3n) is 4.93. The number of amides is 1. The highest BCUT2D eigenvalue weighted by atomic mass is 17.0. The molecule has 0 aliphatic heterocycles. The van der Waals surface area contributed by atoms with Gasteiger partial charge in [0, 0.05) is 6.04 Å². The summed E-state index contributed by atoms with van der Waals surface area (Å²) in [7, 11) is 0. The maximum atomic E-state index is 12.3. The molecule has 0 bridgehead atoms. The predicted octanol–water partition coefficient (Wildman–Crippen LogP) is 1.05. The number of nitrogens with one attached hydrogen (secondary N) is 1. The van der Waals surface area contributed by atoms with Crippen molar-refractivity contribution in [2.45, 2.75) is 19.4 Å². The average molecular weight is 699 g/mol. The van der Waals surface area contributed by atoms with E-state index >= 15 is 0 Å². The Bertz CT molecular complexity index is 1170.